The summed E-state index contributed by atoms with van der Waals surface area (Å²) >= 11 is 1.73. The van der Waals surface area contributed by atoms with Gasteiger partial charge in [-0.15, -0.1) is 11.3 Å². The standard InChI is InChI=1S/C15H19N3O2S/c1-7-4-5-10-11(6-7)21-14-12(10)13(17-9(3)18-14)16-8(2)15(19)20/h7-8H,4-6H2,1-3H3,(H,19,20)(H,16,17,18)/t7-,8-/m0/s1. The van der Waals surface area contributed by atoms with Crippen molar-refractivity contribution in [1.29, 1.82) is 0 Å². The maximum absolute atomic E-state index is 11.1. The van der Waals surface area contributed by atoms with Gasteiger partial charge in [0.25, 0.3) is 0 Å². The summed E-state index contributed by atoms with van der Waals surface area (Å²) in [6.45, 7) is 5.75. The molecule has 0 unspecified atom stereocenters. The molecule has 6 heteroatoms. The molecule has 0 aliphatic heterocycles. The lowest BCUT2D eigenvalue weighted by Gasteiger charge is -2.18. The van der Waals surface area contributed by atoms with E-state index in [0.717, 1.165) is 23.1 Å². The van der Waals surface area contributed by atoms with Crippen molar-refractivity contribution < 1.29 is 9.90 Å². The van der Waals surface area contributed by atoms with Crippen molar-refractivity contribution in [2.24, 2.45) is 5.92 Å². The number of thiophene rings is 1. The zero-order valence-electron chi connectivity index (χ0n) is 12.4. The molecular formula is C15H19N3O2S. The lowest BCUT2D eigenvalue weighted by Crippen LogP contribution is -2.26. The summed E-state index contributed by atoms with van der Waals surface area (Å²) in [7, 11) is 0. The number of carboxylic acids is 1. The number of rotatable bonds is 3. The average molecular weight is 305 g/mol. The third-order valence-corrected chi connectivity index (χ3v) is 5.14. The number of anilines is 1. The predicted octanol–water partition coefficient (Wildman–Crippen LogP) is 3.01. The first-order chi connectivity index (χ1) is 9.95. The Bertz CT molecular complexity index is 710. The Morgan fingerprint density at radius 3 is 2.95 bits per heavy atom. The lowest BCUT2D eigenvalue weighted by atomic mass is 9.89. The number of hydrogen-bond acceptors (Lipinski definition) is 5. The monoisotopic (exact) mass is 305 g/mol. The van der Waals surface area contributed by atoms with Crippen LogP contribution in [0.3, 0.4) is 0 Å². The molecule has 3 rings (SSSR count). The van der Waals surface area contributed by atoms with Crippen LogP contribution >= 0.6 is 11.3 Å². The fourth-order valence-corrected chi connectivity index (χ4v) is 4.25. The molecule has 0 radical (unpaired) electrons. The highest BCUT2D eigenvalue weighted by molar-refractivity contribution is 7.19. The molecule has 0 fully saturated rings. The molecule has 2 aromatic heterocycles. The molecular weight excluding hydrogens is 286 g/mol. The van der Waals surface area contributed by atoms with Gasteiger partial charge in [-0.1, -0.05) is 6.92 Å². The van der Waals surface area contributed by atoms with E-state index in [-0.39, 0.29) is 0 Å². The SMILES string of the molecule is Cc1nc(N[C@@H](C)C(=O)O)c2c3c(sc2n1)C[C@@H](C)CC3. The van der Waals surface area contributed by atoms with Crippen LogP contribution in [-0.4, -0.2) is 27.1 Å². The molecule has 0 saturated carbocycles. The highest BCUT2D eigenvalue weighted by atomic mass is 32.1. The summed E-state index contributed by atoms with van der Waals surface area (Å²) in [5.74, 6) is 1.17. The molecule has 2 N–H and O–H groups in total. The van der Waals surface area contributed by atoms with E-state index in [4.69, 9.17) is 5.11 Å². The lowest BCUT2D eigenvalue weighted by molar-refractivity contribution is -0.137. The number of fused-ring (bicyclic) bond motifs is 3. The number of carbonyl (C=O) groups is 1. The molecule has 2 aromatic rings. The van der Waals surface area contributed by atoms with Crippen molar-refractivity contribution in [2.45, 2.75) is 46.1 Å². The first-order valence-electron chi connectivity index (χ1n) is 7.24. The van der Waals surface area contributed by atoms with Crippen molar-refractivity contribution in [3.05, 3.63) is 16.3 Å². The molecule has 5 nitrogen and oxygen atoms in total. The minimum Gasteiger partial charge on any atom is -0.480 e. The summed E-state index contributed by atoms with van der Waals surface area (Å²) in [4.78, 5) is 22.4. The van der Waals surface area contributed by atoms with Crippen LogP contribution in [0.2, 0.25) is 0 Å². The fourth-order valence-electron chi connectivity index (χ4n) is 2.82. The summed E-state index contributed by atoms with van der Waals surface area (Å²) in [5, 5.41) is 13.2. The van der Waals surface area contributed by atoms with Gasteiger partial charge in [0.15, 0.2) is 0 Å². The van der Waals surface area contributed by atoms with E-state index in [0.29, 0.717) is 17.6 Å². The molecule has 1 aliphatic rings. The van der Waals surface area contributed by atoms with Crippen LogP contribution in [0.15, 0.2) is 0 Å². The van der Waals surface area contributed by atoms with E-state index in [9.17, 15) is 4.79 Å². The molecule has 0 saturated heterocycles. The molecule has 21 heavy (non-hydrogen) atoms. The Morgan fingerprint density at radius 2 is 2.24 bits per heavy atom. The number of hydrogen-bond donors (Lipinski definition) is 2. The number of aliphatic carboxylic acids is 1. The van der Waals surface area contributed by atoms with Gasteiger partial charge in [0.1, 0.15) is 22.5 Å². The zero-order chi connectivity index (χ0) is 15.1. The summed E-state index contributed by atoms with van der Waals surface area (Å²) in [6.07, 6.45) is 3.28. The van der Waals surface area contributed by atoms with Crippen molar-refractivity contribution >= 4 is 33.3 Å². The molecule has 0 spiro atoms. The van der Waals surface area contributed by atoms with Gasteiger partial charge in [-0.2, -0.15) is 0 Å². The zero-order valence-corrected chi connectivity index (χ0v) is 13.3. The normalized spacial score (nSPS) is 19.3. The number of nitrogens with one attached hydrogen (secondary N) is 1. The Hall–Kier alpha value is -1.69. The van der Waals surface area contributed by atoms with E-state index < -0.39 is 12.0 Å². The largest absolute Gasteiger partial charge is 0.480 e. The quantitative estimate of drug-likeness (QED) is 0.911. The van der Waals surface area contributed by atoms with Gasteiger partial charge < -0.3 is 10.4 Å². The third-order valence-electron chi connectivity index (χ3n) is 3.99. The molecule has 2 heterocycles. The topological polar surface area (TPSA) is 75.1 Å². The van der Waals surface area contributed by atoms with Crippen LogP contribution in [0, 0.1) is 12.8 Å². The molecule has 0 bridgehead atoms. The molecule has 1 aliphatic carbocycles. The van der Waals surface area contributed by atoms with Gasteiger partial charge in [-0.05, 0) is 44.6 Å². The van der Waals surface area contributed by atoms with Crippen LogP contribution in [0.4, 0.5) is 5.82 Å². The van der Waals surface area contributed by atoms with Gasteiger partial charge in [0.2, 0.25) is 0 Å². The Labute approximate surface area is 127 Å². The highest BCUT2D eigenvalue weighted by Gasteiger charge is 2.24. The Kier molecular flexibility index (Phi) is 3.57. The van der Waals surface area contributed by atoms with Crippen LogP contribution in [-0.2, 0) is 17.6 Å². The molecule has 0 aromatic carbocycles. The molecule has 2 atom stereocenters. The Balaban J connectivity index is 2.12. The third kappa shape index (κ3) is 2.60. The second-order valence-corrected chi connectivity index (χ2v) is 6.94. The average Bonchev–Trinajstić information content (AvgIpc) is 2.75. The van der Waals surface area contributed by atoms with Crippen molar-refractivity contribution in [3.8, 4) is 0 Å². The smallest absolute Gasteiger partial charge is 0.325 e. The maximum Gasteiger partial charge on any atom is 0.325 e. The second-order valence-electron chi connectivity index (χ2n) is 5.86. The van der Waals surface area contributed by atoms with Gasteiger partial charge in [0.05, 0.1) is 5.39 Å². The van der Waals surface area contributed by atoms with Gasteiger partial charge in [-0.25, -0.2) is 9.97 Å². The van der Waals surface area contributed by atoms with E-state index >= 15 is 0 Å². The van der Waals surface area contributed by atoms with E-state index in [1.54, 1.807) is 18.3 Å². The van der Waals surface area contributed by atoms with E-state index in [2.05, 4.69) is 22.2 Å². The maximum atomic E-state index is 11.1. The fraction of sp³-hybridized carbons (Fsp3) is 0.533. The van der Waals surface area contributed by atoms with E-state index in [1.165, 1.54) is 16.9 Å². The van der Waals surface area contributed by atoms with Crippen LogP contribution in [0.5, 0.6) is 0 Å². The predicted molar refractivity (Wildman–Crippen MR) is 84.1 cm³/mol. The summed E-state index contributed by atoms with van der Waals surface area (Å²) in [6, 6.07) is -0.666. The van der Waals surface area contributed by atoms with Gasteiger partial charge >= 0.3 is 5.97 Å². The van der Waals surface area contributed by atoms with Crippen LogP contribution in [0.1, 0.15) is 36.5 Å². The second kappa shape index (κ2) is 5.26. The highest BCUT2D eigenvalue weighted by Crippen LogP contribution is 2.40. The van der Waals surface area contributed by atoms with E-state index in [1.807, 2.05) is 6.92 Å². The Morgan fingerprint density at radius 1 is 1.48 bits per heavy atom. The first kappa shape index (κ1) is 14.3. The van der Waals surface area contributed by atoms with Gasteiger partial charge in [0, 0.05) is 4.88 Å². The van der Waals surface area contributed by atoms with Gasteiger partial charge in [-0.3, -0.25) is 4.79 Å². The van der Waals surface area contributed by atoms with Crippen molar-refractivity contribution in [3.63, 3.8) is 0 Å². The summed E-state index contributed by atoms with van der Waals surface area (Å²) < 4.78 is 0. The number of aromatic nitrogens is 2. The van der Waals surface area contributed by atoms with Crippen molar-refractivity contribution in [1.82, 2.24) is 9.97 Å². The van der Waals surface area contributed by atoms with Crippen molar-refractivity contribution in [2.75, 3.05) is 5.32 Å². The molecule has 0 amide bonds. The number of nitrogens with zero attached hydrogens (tertiary/aromatic N) is 2. The summed E-state index contributed by atoms with van der Waals surface area (Å²) in [5.41, 5.74) is 1.31. The van der Waals surface area contributed by atoms with Crippen LogP contribution < -0.4 is 5.32 Å². The number of aryl methyl sites for hydroxylation is 2. The number of carboxylic acid groups (broad SMARTS) is 1. The van der Waals surface area contributed by atoms with Crippen LogP contribution in [0.25, 0.3) is 10.2 Å². The first-order valence-corrected chi connectivity index (χ1v) is 8.05. The minimum absolute atomic E-state index is 0.666. The minimum atomic E-state index is -0.878. The molecule has 112 valence electrons.